The molecule has 0 aliphatic carbocycles. The average molecular weight is 463 g/mol. The minimum atomic E-state index is -4.64. The second-order valence-electron chi connectivity index (χ2n) is 8.02. The van der Waals surface area contributed by atoms with Crippen LogP contribution in [0, 0.1) is 0 Å². The number of aromatic hydroxyl groups is 1. The van der Waals surface area contributed by atoms with Crippen LogP contribution in [0.5, 0.6) is 11.5 Å². The molecule has 0 radical (unpaired) electrons. The van der Waals surface area contributed by atoms with Crippen LogP contribution in [0.2, 0.25) is 0 Å². The monoisotopic (exact) mass is 462 g/mol. The van der Waals surface area contributed by atoms with Gasteiger partial charge in [0.1, 0.15) is 16.4 Å². The molecule has 0 aromatic heterocycles. The summed E-state index contributed by atoms with van der Waals surface area (Å²) in [6.07, 6.45) is 11.6. The van der Waals surface area contributed by atoms with Crippen molar-refractivity contribution in [3.63, 3.8) is 0 Å². The lowest BCUT2D eigenvalue weighted by molar-refractivity contribution is 0.103. The molecule has 0 heterocycles. The van der Waals surface area contributed by atoms with Crippen LogP contribution in [-0.4, -0.2) is 30.5 Å². The Labute approximate surface area is 191 Å². The zero-order valence-corrected chi connectivity index (χ0v) is 19.6. The highest BCUT2D eigenvalue weighted by Crippen LogP contribution is 2.33. The lowest BCUT2D eigenvalue weighted by Gasteiger charge is -2.13. The fraction of sp³-hybridized carbons (Fsp3) is 0.480. The molecule has 2 aromatic carbocycles. The fourth-order valence-corrected chi connectivity index (χ4v) is 4.20. The van der Waals surface area contributed by atoms with E-state index in [-0.39, 0.29) is 17.9 Å². The minimum absolute atomic E-state index is 0.162. The Hall–Kier alpha value is -2.38. The van der Waals surface area contributed by atoms with Gasteiger partial charge in [0.15, 0.2) is 5.78 Å². The molecule has 0 aliphatic heterocycles. The molecule has 0 saturated carbocycles. The van der Waals surface area contributed by atoms with Gasteiger partial charge in [-0.05, 0) is 12.5 Å². The first-order chi connectivity index (χ1) is 15.3. The van der Waals surface area contributed by atoms with Crippen LogP contribution in [0.3, 0.4) is 0 Å². The van der Waals surface area contributed by atoms with Crippen LogP contribution in [0.4, 0.5) is 0 Å². The molecule has 0 amide bonds. The van der Waals surface area contributed by atoms with Crippen LogP contribution >= 0.6 is 0 Å². The van der Waals surface area contributed by atoms with Crippen LogP contribution < -0.4 is 4.74 Å². The number of rotatable bonds is 15. The number of benzene rings is 2. The molecule has 0 atom stereocenters. The number of unbranched alkanes of at least 4 members (excludes halogenated alkanes) is 9. The molecule has 2 aromatic rings. The maximum Gasteiger partial charge on any atom is 0.298 e. The first kappa shape index (κ1) is 25.9. The number of phenolic OH excluding ortho intramolecular Hbond substituents is 1. The van der Waals surface area contributed by atoms with Gasteiger partial charge in [0.2, 0.25) is 0 Å². The molecular formula is C25H34O6S. The van der Waals surface area contributed by atoms with Crippen molar-refractivity contribution in [1.29, 1.82) is 0 Å². The number of carbonyl (C=O) groups excluding carboxylic acids is 1. The minimum Gasteiger partial charge on any atom is -0.507 e. The lowest BCUT2D eigenvalue weighted by atomic mass is 10.0. The quantitative estimate of drug-likeness (QED) is 0.186. The summed E-state index contributed by atoms with van der Waals surface area (Å²) in [5, 5.41) is 10.3. The molecular weight excluding hydrogens is 428 g/mol. The highest BCUT2D eigenvalue weighted by Gasteiger charge is 2.23. The van der Waals surface area contributed by atoms with Crippen molar-refractivity contribution < 1.29 is 27.6 Å². The maximum atomic E-state index is 12.6. The van der Waals surface area contributed by atoms with Crippen LogP contribution in [0.1, 0.15) is 87.1 Å². The fourth-order valence-electron chi connectivity index (χ4n) is 3.56. The topological polar surface area (TPSA) is 101 Å². The SMILES string of the molecule is CCCCCCCCCCCCOc1cc(O)c(C(=O)c2ccccc2)cc1S(=O)(=O)O. The van der Waals surface area contributed by atoms with Gasteiger partial charge in [-0.1, -0.05) is 95.0 Å². The molecule has 2 rings (SSSR count). The third-order valence-electron chi connectivity index (χ3n) is 5.38. The smallest absolute Gasteiger partial charge is 0.298 e. The Balaban J connectivity index is 1.92. The Bertz CT molecular complexity index is 954. The van der Waals surface area contributed by atoms with Crippen molar-refractivity contribution >= 4 is 15.9 Å². The zero-order valence-electron chi connectivity index (χ0n) is 18.8. The molecule has 0 saturated heterocycles. The van der Waals surface area contributed by atoms with Gasteiger partial charge >= 0.3 is 0 Å². The number of ether oxygens (including phenoxy) is 1. The van der Waals surface area contributed by atoms with Gasteiger partial charge in [-0.25, -0.2) is 0 Å². The van der Waals surface area contributed by atoms with E-state index in [4.69, 9.17) is 4.74 Å². The van der Waals surface area contributed by atoms with Crippen LogP contribution in [0.25, 0.3) is 0 Å². The summed E-state index contributed by atoms with van der Waals surface area (Å²) < 4.78 is 38.9. The van der Waals surface area contributed by atoms with Gasteiger partial charge < -0.3 is 9.84 Å². The molecule has 0 spiro atoms. The summed E-state index contributed by atoms with van der Waals surface area (Å²) >= 11 is 0. The average Bonchev–Trinajstić information content (AvgIpc) is 2.77. The van der Waals surface area contributed by atoms with Crippen molar-refractivity contribution in [2.24, 2.45) is 0 Å². The van der Waals surface area contributed by atoms with Gasteiger partial charge in [-0.2, -0.15) is 8.42 Å². The largest absolute Gasteiger partial charge is 0.507 e. The van der Waals surface area contributed by atoms with E-state index in [2.05, 4.69) is 6.92 Å². The Kier molecular flexibility index (Phi) is 10.7. The molecule has 32 heavy (non-hydrogen) atoms. The summed E-state index contributed by atoms with van der Waals surface area (Å²) in [5.41, 5.74) is 0.0817. The molecule has 176 valence electrons. The van der Waals surface area contributed by atoms with Crippen LogP contribution in [-0.2, 0) is 10.1 Å². The first-order valence-electron chi connectivity index (χ1n) is 11.4. The van der Waals surface area contributed by atoms with Crippen molar-refractivity contribution in [3.8, 4) is 11.5 Å². The number of phenols is 1. The normalized spacial score (nSPS) is 11.4. The van der Waals surface area contributed by atoms with E-state index < -0.39 is 26.5 Å². The van der Waals surface area contributed by atoms with Crippen molar-refractivity contribution in [2.45, 2.75) is 76.0 Å². The summed E-state index contributed by atoms with van der Waals surface area (Å²) in [6, 6.07) is 10.2. The van der Waals surface area contributed by atoms with Gasteiger partial charge in [0.25, 0.3) is 10.1 Å². The van der Waals surface area contributed by atoms with E-state index >= 15 is 0 Å². The van der Waals surface area contributed by atoms with Gasteiger partial charge in [-0.3, -0.25) is 9.35 Å². The third kappa shape index (κ3) is 8.28. The molecule has 6 nitrogen and oxygen atoms in total. The summed E-state index contributed by atoms with van der Waals surface area (Å²) in [4.78, 5) is 12.1. The van der Waals surface area contributed by atoms with Crippen molar-refractivity contribution in [2.75, 3.05) is 6.61 Å². The molecule has 7 heteroatoms. The van der Waals surface area contributed by atoms with E-state index in [0.29, 0.717) is 5.56 Å². The number of ketones is 1. The maximum absolute atomic E-state index is 12.6. The van der Waals surface area contributed by atoms with E-state index in [1.807, 2.05) is 0 Å². The van der Waals surface area contributed by atoms with Gasteiger partial charge in [-0.15, -0.1) is 0 Å². The summed E-state index contributed by atoms with van der Waals surface area (Å²) in [5.74, 6) is -1.11. The summed E-state index contributed by atoms with van der Waals surface area (Å²) in [7, 11) is -4.64. The van der Waals surface area contributed by atoms with Gasteiger partial charge in [0, 0.05) is 11.6 Å². The Morgan fingerprint density at radius 1 is 0.875 bits per heavy atom. The van der Waals surface area contributed by atoms with Gasteiger partial charge in [0.05, 0.1) is 12.2 Å². The second-order valence-corrected chi connectivity index (χ2v) is 9.41. The Morgan fingerprint density at radius 2 is 1.44 bits per heavy atom. The number of hydrogen-bond donors (Lipinski definition) is 2. The Morgan fingerprint density at radius 3 is 2.00 bits per heavy atom. The lowest BCUT2D eigenvalue weighted by Crippen LogP contribution is -2.09. The zero-order chi connectivity index (χ0) is 23.4. The van der Waals surface area contributed by atoms with Crippen LogP contribution in [0.15, 0.2) is 47.4 Å². The van der Waals surface area contributed by atoms with E-state index in [1.165, 1.54) is 44.9 Å². The predicted octanol–water partition coefficient (Wildman–Crippen LogP) is 6.17. The van der Waals surface area contributed by atoms with E-state index in [0.717, 1.165) is 31.4 Å². The molecule has 0 bridgehead atoms. The van der Waals surface area contributed by atoms with E-state index in [1.54, 1.807) is 30.3 Å². The first-order valence-corrected chi connectivity index (χ1v) is 12.9. The standard InChI is InChI=1S/C25H34O6S/c1-2-3-4-5-6-7-8-9-10-14-17-31-23-19-22(26)21(18-24(23)32(28,29)30)25(27)20-15-12-11-13-16-20/h11-13,15-16,18-19,26H,2-10,14,17H2,1H3,(H,28,29,30). The molecule has 2 N–H and O–H groups in total. The van der Waals surface area contributed by atoms with Crippen molar-refractivity contribution in [3.05, 3.63) is 53.6 Å². The highest BCUT2D eigenvalue weighted by molar-refractivity contribution is 7.86. The molecule has 0 fully saturated rings. The molecule has 0 unspecified atom stereocenters. The summed E-state index contributed by atoms with van der Waals surface area (Å²) in [6.45, 7) is 2.46. The third-order valence-corrected chi connectivity index (χ3v) is 6.25. The van der Waals surface area contributed by atoms with E-state index in [9.17, 15) is 22.9 Å². The van der Waals surface area contributed by atoms with Crippen molar-refractivity contribution in [1.82, 2.24) is 0 Å². The second kappa shape index (κ2) is 13.2. The number of carbonyl (C=O) groups is 1. The number of hydrogen-bond acceptors (Lipinski definition) is 5. The predicted molar refractivity (Wildman–Crippen MR) is 125 cm³/mol. The highest BCUT2D eigenvalue weighted by atomic mass is 32.2. The molecule has 0 aliphatic rings.